The number of rotatable bonds is 5. The number of benzene rings is 1. The smallest absolute Gasteiger partial charge is 0.257 e. The number of nitrogens with two attached hydrogens (primary N) is 1. The molecule has 2 amide bonds. The molecule has 6 nitrogen and oxygen atoms in total. The van der Waals surface area contributed by atoms with Crippen molar-refractivity contribution >= 4 is 17.5 Å². The molecule has 1 rings (SSSR count). The van der Waals surface area contributed by atoms with Crippen LogP contribution < -0.4 is 15.8 Å². The summed E-state index contributed by atoms with van der Waals surface area (Å²) in [5.74, 6) is -0.184. The minimum Gasteiger partial charge on any atom is -0.491 e. The Morgan fingerprint density at radius 1 is 1.42 bits per heavy atom. The van der Waals surface area contributed by atoms with Crippen molar-refractivity contribution in [1.29, 1.82) is 0 Å². The van der Waals surface area contributed by atoms with Gasteiger partial charge in [0.05, 0.1) is 24.4 Å². The molecule has 0 heterocycles. The Balaban J connectivity index is 2.98. The lowest BCUT2D eigenvalue weighted by molar-refractivity contribution is -0.121. The maximum atomic E-state index is 12.3. The summed E-state index contributed by atoms with van der Waals surface area (Å²) in [5.41, 5.74) is 6.56. The first-order chi connectivity index (χ1) is 9.01. The van der Waals surface area contributed by atoms with Crippen molar-refractivity contribution in [3.05, 3.63) is 23.8 Å². The third-order valence-electron chi connectivity index (χ3n) is 2.57. The lowest BCUT2D eigenvalue weighted by Gasteiger charge is -2.19. The van der Waals surface area contributed by atoms with Gasteiger partial charge < -0.3 is 20.7 Å². The van der Waals surface area contributed by atoms with E-state index in [1.165, 1.54) is 11.9 Å². The molecule has 3 N–H and O–H groups in total. The van der Waals surface area contributed by atoms with Crippen molar-refractivity contribution in [2.75, 3.05) is 33.0 Å². The van der Waals surface area contributed by atoms with E-state index in [1.807, 2.05) is 6.92 Å². The van der Waals surface area contributed by atoms with Gasteiger partial charge in [0.15, 0.2) is 5.75 Å². The molecule has 0 spiro atoms. The van der Waals surface area contributed by atoms with Gasteiger partial charge in [0.25, 0.3) is 5.91 Å². The molecule has 0 radical (unpaired) electrons. The number of nitrogen functional groups attached to an aromatic ring is 1. The molecule has 6 heteroatoms. The van der Waals surface area contributed by atoms with Gasteiger partial charge in [-0.3, -0.25) is 9.59 Å². The van der Waals surface area contributed by atoms with Gasteiger partial charge >= 0.3 is 0 Å². The number of anilines is 1. The summed E-state index contributed by atoms with van der Waals surface area (Å²) in [6.45, 7) is 2.21. The first kappa shape index (κ1) is 14.8. The first-order valence-corrected chi connectivity index (χ1v) is 5.98. The number of hydrogen-bond donors (Lipinski definition) is 2. The van der Waals surface area contributed by atoms with Crippen LogP contribution in [0.4, 0.5) is 5.69 Å². The fourth-order valence-electron chi connectivity index (χ4n) is 1.60. The normalized spacial score (nSPS) is 9.84. The van der Waals surface area contributed by atoms with Crippen LogP contribution in [-0.4, -0.2) is 44.0 Å². The zero-order chi connectivity index (χ0) is 14.4. The van der Waals surface area contributed by atoms with E-state index in [0.29, 0.717) is 23.6 Å². The van der Waals surface area contributed by atoms with Gasteiger partial charge in [-0.1, -0.05) is 6.07 Å². The van der Waals surface area contributed by atoms with E-state index in [1.54, 1.807) is 25.2 Å². The quantitative estimate of drug-likeness (QED) is 0.759. The molecule has 0 aromatic heterocycles. The average molecular weight is 265 g/mol. The fourth-order valence-corrected chi connectivity index (χ4v) is 1.60. The van der Waals surface area contributed by atoms with Gasteiger partial charge in [0, 0.05) is 14.1 Å². The van der Waals surface area contributed by atoms with Crippen LogP contribution in [0.25, 0.3) is 0 Å². The second kappa shape index (κ2) is 6.63. The van der Waals surface area contributed by atoms with Gasteiger partial charge in [0.2, 0.25) is 5.91 Å². The monoisotopic (exact) mass is 265 g/mol. The molecule has 19 heavy (non-hydrogen) atoms. The topological polar surface area (TPSA) is 84.7 Å². The maximum Gasteiger partial charge on any atom is 0.257 e. The Bertz CT molecular complexity index is 474. The van der Waals surface area contributed by atoms with Gasteiger partial charge in [-0.2, -0.15) is 0 Å². The highest BCUT2D eigenvalue weighted by atomic mass is 16.5. The number of carbonyl (C=O) groups is 2. The number of nitrogens with zero attached hydrogens (tertiary/aromatic N) is 1. The molecule has 104 valence electrons. The van der Waals surface area contributed by atoms with E-state index in [-0.39, 0.29) is 18.4 Å². The van der Waals surface area contributed by atoms with Crippen LogP contribution >= 0.6 is 0 Å². The van der Waals surface area contributed by atoms with Crippen LogP contribution in [0.15, 0.2) is 18.2 Å². The van der Waals surface area contributed by atoms with Crippen molar-refractivity contribution in [2.24, 2.45) is 0 Å². The molecular weight excluding hydrogens is 246 g/mol. The number of likely N-dealkylation sites (N-methyl/N-ethyl adjacent to an activating group) is 2. The molecular formula is C13H19N3O3. The summed E-state index contributed by atoms with van der Waals surface area (Å²) in [6.07, 6.45) is 0. The lowest BCUT2D eigenvalue weighted by atomic mass is 10.1. The second-order valence-electron chi connectivity index (χ2n) is 3.99. The van der Waals surface area contributed by atoms with Crippen molar-refractivity contribution < 1.29 is 14.3 Å². The van der Waals surface area contributed by atoms with Crippen LogP contribution in [0.2, 0.25) is 0 Å². The Labute approximate surface area is 112 Å². The Morgan fingerprint density at radius 2 is 2.11 bits per heavy atom. The van der Waals surface area contributed by atoms with Crippen LogP contribution in [0.3, 0.4) is 0 Å². The molecule has 0 saturated heterocycles. The van der Waals surface area contributed by atoms with E-state index in [0.717, 1.165) is 0 Å². The highest BCUT2D eigenvalue weighted by Crippen LogP contribution is 2.27. The SMILES string of the molecule is CCOc1c(N)cccc1C(=O)N(C)CC(=O)NC. The number of para-hydroxylation sites is 1. The molecule has 0 unspecified atom stereocenters. The summed E-state index contributed by atoms with van der Waals surface area (Å²) in [7, 11) is 3.07. The number of carbonyl (C=O) groups excluding carboxylic acids is 2. The van der Waals surface area contributed by atoms with Crippen LogP contribution in [0, 0.1) is 0 Å². The second-order valence-corrected chi connectivity index (χ2v) is 3.99. The van der Waals surface area contributed by atoms with E-state index < -0.39 is 0 Å². The minimum absolute atomic E-state index is 0.0182. The first-order valence-electron chi connectivity index (χ1n) is 5.98. The molecule has 0 aliphatic rings. The highest BCUT2D eigenvalue weighted by molar-refractivity contribution is 6.00. The van der Waals surface area contributed by atoms with Gasteiger partial charge in [-0.25, -0.2) is 0 Å². The van der Waals surface area contributed by atoms with Crippen molar-refractivity contribution in [1.82, 2.24) is 10.2 Å². The van der Waals surface area contributed by atoms with Crippen molar-refractivity contribution in [2.45, 2.75) is 6.92 Å². The number of nitrogens with one attached hydrogen (secondary N) is 1. The van der Waals surface area contributed by atoms with Gasteiger partial charge in [0.1, 0.15) is 0 Å². The summed E-state index contributed by atoms with van der Waals surface area (Å²) >= 11 is 0. The van der Waals surface area contributed by atoms with Crippen LogP contribution in [-0.2, 0) is 4.79 Å². The lowest BCUT2D eigenvalue weighted by Crippen LogP contribution is -2.37. The summed E-state index contributed by atoms with van der Waals surface area (Å²) < 4.78 is 5.40. The summed E-state index contributed by atoms with van der Waals surface area (Å²) in [5, 5.41) is 2.46. The Kier molecular flexibility index (Phi) is 5.17. The van der Waals surface area contributed by atoms with Crippen LogP contribution in [0.5, 0.6) is 5.75 Å². The molecule has 0 aliphatic carbocycles. The largest absolute Gasteiger partial charge is 0.491 e. The Hall–Kier alpha value is -2.24. The van der Waals surface area contributed by atoms with E-state index >= 15 is 0 Å². The predicted octanol–water partition coefficient (Wildman–Crippen LogP) is 0.486. The third kappa shape index (κ3) is 3.61. The summed E-state index contributed by atoms with van der Waals surface area (Å²) in [6, 6.07) is 4.98. The molecule has 0 atom stereocenters. The molecule has 0 bridgehead atoms. The minimum atomic E-state index is -0.306. The van der Waals surface area contributed by atoms with Crippen molar-refractivity contribution in [3.63, 3.8) is 0 Å². The summed E-state index contributed by atoms with van der Waals surface area (Å²) in [4.78, 5) is 24.8. The molecule has 1 aromatic carbocycles. The fraction of sp³-hybridized carbons (Fsp3) is 0.385. The van der Waals surface area contributed by atoms with Gasteiger partial charge in [-0.15, -0.1) is 0 Å². The molecule has 1 aromatic rings. The maximum absolute atomic E-state index is 12.3. The van der Waals surface area contributed by atoms with E-state index in [9.17, 15) is 9.59 Å². The highest BCUT2D eigenvalue weighted by Gasteiger charge is 2.19. The number of hydrogen-bond acceptors (Lipinski definition) is 4. The standard InChI is InChI=1S/C13H19N3O3/c1-4-19-12-9(6-5-7-10(12)14)13(18)16(3)8-11(17)15-2/h5-7H,4,8,14H2,1-3H3,(H,15,17). The van der Waals surface area contributed by atoms with Crippen molar-refractivity contribution in [3.8, 4) is 5.75 Å². The zero-order valence-corrected chi connectivity index (χ0v) is 11.4. The van der Waals surface area contributed by atoms with E-state index in [2.05, 4.69) is 5.32 Å². The molecule has 0 fully saturated rings. The molecule has 0 aliphatic heterocycles. The van der Waals surface area contributed by atoms with E-state index in [4.69, 9.17) is 10.5 Å². The van der Waals surface area contributed by atoms with Crippen LogP contribution in [0.1, 0.15) is 17.3 Å². The Morgan fingerprint density at radius 3 is 2.68 bits per heavy atom. The molecule has 0 saturated carbocycles. The number of amides is 2. The zero-order valence-electron chi connectivity index (χ0n) is 11.4. The number of ether oxygens (including phenoxy) is 1. The third-order valence-corrected chi connectivity index (χ3v) is 2.57. The van der Waals surface area contributed by atoms with Gasteiger partial charge in [-0.05, 0) is 19.1 Å². The predicted molar refractivity (Wildman–Crippen MR) is 73.1 cm³/mol. The average Bonchev–Trinajstić information content (AvgIpc) is 2.40.